The largest absolute Gasteiger partial charge is 0.321 e. The van der Waals surface area contributed by atoms with Crippen LogP contribution in [0.1, 0.15) is 34.0 Å². The maximum atomic E-state index is 13.1. The van der Waals surface area contributed by atoms with Crippen molar-refractivity contribution in [1.82, 2.24) is 34.3 Å². The molecule has 36 heavy (non-hydrogen) atoms. The maximum absolute atomic E-state index is 13.1. The zero-order valence-electron chi connectivity index (χ0n) is 21.5. The van der Waals surface area contributed by atoms with Gasteiger partial charge in [-0.25, -0.2) is 19.0 Å². The van der Waals surface area contributed by atoms with Crippen molar-refractivity contribution in [2.75, 3.05) is 5.32 Å². The van der Waals surface area contributed by atoms with E-state index in [0.29, 0.717) is 18.0 Å². The molecule has 0 unspecified atom stereocenters. The van der Waals surface area contributed by atoms with Gasteiger partial charge in [0.15, 0.2) is 5.65 Å². The average Bonchev–Trinajstić information content (AvgIpc) is 3.42. The summed E-state index contributed by atoms with van der Waals surface area (Å²) in [5.41, 5.74) is 9.24. The van der Waals surface area contributed by atoms with E-state index in [0.717, 1.165) is 45.0 Å². The smallest absolute Gasteiger partial charge is 0.246 e. The molecule has 1 N–H and O–H groups in total. The molecule has 0 aliphatic carbocycles. The lowest BCUT2D eigenvalue weighted by molar-refractivity contribution is -0.116. The molecule has 9 heteroatoms. The number of amides is 1. The summed E-state index contributed by atoms with van der Waals surface area (Å²) >= 11 is 0. The Morgan fingerprint density at radius 2 is 1.67 bits per heavy atom. The topological polar surface area (TPSA) is 95.5 Å². The number of benzene rings is 1. The van der Waals surface area contributed by atoms with Gasteiger partial charge in [-0.3, -0.25) is 4.79 Å². The fourth-order valence-corrected chi connectivity index (χ4v) is 4.72. The van der Waals surface area contributed by atoms with Crippen LogP contribution in [-0.4, -0.2) is 40.2 Å². The van der Waals surface area contributed by atoms with Crippen LogP contribution in [0, 0.1) is 41.5 Å². The first-order valence-corrected chi connectivity index (χ1v) is 12.0. The molecule has 1 aromatic carbocycles. The number of carbonyl (C=O) groups is 1. The summed E-state index contributed by atoms with van der Waals surface area (Å²) in [4.78, 5) is 17.7. The second-order valence-electron chi connectivity index (χ2n) is 9.33. The highest BCUT2D eigenvalue weighted by molar-refractivity contribution is 5.96. The number of fused-ring (bicyclic) bond motifs is 1. The van der Waals surface area contributed by atoms with Gasteiger partial charge in [-0.1, -0.05) is 29.8 Å². The number of carbonyl (C=O) groups excluding carboxylic acids is 1. The number of nitrogens with zero attached hydrogens (tertiary/aromatic N) is 7. The monoisotopic (exact) mass is 482 g/mol. The highest BCUT2D eigenvalue weighted by atomic mass is 16.2. The molecule has 0 aliphatic heterocycles. The number of aromatic nitrogens is 7. The van der Waals surface area contributed by atoms with Gasteiger partial charge >= 0.3 is 0 Å². The molecular formula is C27H30N8O. The van der Waals surface area contributed by atoms with Gasteiger partial charge in [0.05, 0.1) is 28.5 Å². The number of anilines is 1. The summed E-state index contributed by atoms with van der Waals surface area (Å²) in [6.45, 7) is 12.4. The minimum atomic E-state index is -0.181. The van der Waals surface area contributed by atoms with Crippen molar-refractivity contribution in [2.24, 2.45) is 0 Å². The van der Waals surface area contributed by atoms with Crippen molar-refractivity contribution in [3.8, 4) is 11.1 Å². The van der Waals surface area contributed by atoms with E-state index in [1.807, 2.05) is 62.2 Å². The number of hydrogen-bond donors (Lipinski definition) is 1. The van der Waals surface area contributed by atoms with Gasteiger partial charge in [0.2, 0.25) is 5.91 Å². The third kappa shape index (κ3) is 4.28. The minimum Gasteiger partial charge on any atom is -0.321 e. The molecule has 0 spiro atoms. The summed E-state index contributed by atoms with van der Waals surface area (Å²) in [5.74, 6) is -0.181. The van der Waals surface area contributed by atoms with Crippen molar-refractivity contribution >= 4 is 22.6 Å². The van der Waals surface area contributed by atoms with Crippen LogP contribution in [0.15, 0.2) is 42.6 Å². The third-order valence-electron chi connectivity index (χ3n) is 6.45. The fraction of sp³-hybridized carbons (Fsp3) is 0.296. The standard InChI is InChI=1S/C27H30N8O/c1-16-8-7-9-22(12-16)23-10-11-28-27-25(23)19(4)31-33(27)14-24(36)29-26-20(5)32-35(21(26)6)15-34-18(3)13-17(2)30-34/h7-13H,14-15H2,1-6H3,(H,29,36). The van der Waals surface area contributed by atoms with E-state index >= 15 is 0 Å². The molecule has 0 bridgehead atoms. The maximum Gasteiger partial charge on any atom is 0.246 e. The van der Waals surface area contributed by atoms with Crippen LogP contribution in [0.25, 0.3) is 22.2 Å². The molecule has 0 fully saturated rings. The molecule has 184 valence electrons. The van der Waals surface area contributed by atoms with Crippen LogP contribution in [0.4, 0.5) is 5.69 Å². The summed E-state index contributed by atoms with van der Waals surface area (Å²) in [6.07, 6.45) is 1.77. The van der Waals surface area contributed by atoms with Crippen LogP contribution in [0.5, 0.6) is 0 Å². The minimum absolute atomic E-state index is 0.0517. The first kappa shape index (κ1) is 23.5. The zero-order chi connectivity index (χ0) is 25.6. The lowest BCUT2D eigenvalue weighted by atomic mass is 10.0. The Morgan fingerprint density at radius 3 is 2.39 bits per heavy atom. The Labute approximate surface area is 209 Å². The lowest BCUT2D eigenvalue weighted by Crippen LogP contribution is -2.20. The van der Waals surface area contributed by atoms with Crippen molar-refractivity contribution < 1.29 is 4.79 Å². The van der Waals surface area contributed by atoms with E-state index in [4.69, 9.17) is 0 Å². The Balaban J connectivity index is 1.40. The van der Waals surface area contributed by atoms with E-state index in [1.165, 1.54) is 5.56 Å². The SMILES string of the molecule is Cc1cccc(-c2ccnc3c2c(C)nn3CC(=O)Nc2c(C)nn(Cn3nc(C)cc3C)c2C)c1. The molecule has 9 nitrogen and oxygen atoms in total. The van der Waals surface area contributed by atoms with Gasteiger partial charge in [-0.2, -0.15) is 15.3 Å². The second kappa shape index (κ2) is 9.07. The molecule has 1 amide bonds. The molecule has 4 heterocycles. The normalized spacial score (nSPS) is 11.4. The Kier molecular flexibility index (Phi) is 5.91. The number of hydrogen-bond acceptors (Lipinski definition) is 5. The molecule has 0 atom stereocenters. The van der Waals surface area contributed by atoms with Gasteiger partial charge in [-0.15, -0.1) is 0 Å². The van der Waals surface area contributed by atoms with Gasteiger partial charge in [0.25, 0.3) is 0 Å². The predicted octanol–water partition coefficient (Wildman–Crippen LogP) is 4.49. The third-order valence-corrected chi connectivity index (χ3v) is 6.45. The predicted molar refractivity (Wildman–Crippen MR) is 140 cm³/mol. The van der Waals surface area contributed by atoms with Gasteiger partial charge in [-0.05, 0) is 64.8 Å². The van der Waals surface area contributed by atoms with Crippen LogP contribution in [-0.2, 0) is 18.0 Å². The first-order chi connectivity index (χ1) is 17.2. The van der Waals surface area contributed by atoms with Crippen molar-refractivity contribution in [1.29, 1.82) is 0 Å². The number of pyridine rings is 1. The summed E-state index contributed by atoms with van der Waals surface area (Å²) in [6, 6.07) is 12.4. The van der Waals surface area contributed by atoms with E-state index in [2.05, 4.69) is 50.7 Å². The van der Waals surface area contributed by atoms with Crippen molar-refractivity contribution in [3.63, 3.8) is 0 Å². The highest BCUT2D eigenvalue weighted by Gasteiger charge is 2.19. The molecule has 0 saturated heterocycles. The quantitative estimate of drug-likeness (QED) is 0.385. The van der Waals surface area contributed by atoms with Gasteiger partial charge < -0.3 is 5.32 Å². The number of nitrogens with one attached hydrogen (secondary N) is 1. The molecule has 0 saturated carbocycles. The molecule has 5 aromatic rings. The van der Waals surface area contributed by atoms with Crippen molar-refractivity contribution in [2.45, 2.75) is 54.8 Å². The van der Waals surface area contributed by atoms with Crippen LogP contribution < -0.4 is 5.32 Å². The Morgan fingerprint density at radius 1 is 0.889 bits per heavy atom. The van der Waals surface area contributed by atoms with Gasteiger partial charge in [0.1, 0.15) is 13.2 Å². The molecule has 0 radical (unpaired) electrons. The van der Waals surface area contributed by atoms with Crippen molar-refractivity contribution in [3.05, 3.63) is 76.6 Å². The Bertz CT molecular complexity index is 1600. The molecular weight excluding hydrogens is 452 g/mol. The number of aryl methyl sites for hydroxylation is 5. The number of rotatable bonds is 6. The molecule has 5 rings (SSSR count). The highest BCUT2D eigenvalue weighted by Crippen LogP contribution is 2.30. The summed E-state index contributed by atoms with van der Waals surface area (Å²) < 4.78 is 5.42. The molecule has 0 aliphatic rings. The lowest BCUT2D eigenvalue weighted by Gasteiger charge is -2.09. The van der Waals surface area contributed by atoms with Crippen LogP contribution in [0.3, 0.4) is 0 Å². The first-order valence-electron chi connectivity index (χ1n) is 12.0. The van der Waals surface area contributed by atoms with Crippen LogP contribution in [0.2, 0.25) is 0 Å². The molecule has 4 aromatic heterocycles. The van der Waals surface area contributed by atoms with E-state index in [1.54, 1.807) is 10.9 Å². The van der Waals surface area contributed by atoms with Gasteiger partial charge in [0, 0.05) is 17.3 Å². The van der Waals surface area contributed by atoms with E-state index in [9.17, 15) is 4.79 Å². The zero-order valence-corrected chi connectivity index (χ0v) is 21.5. The second-order valence-corrected chi connectivity index (χ2v) is 9.33. The van der Waals surface area contributed by atoms with E-state index in [-0.39, 0.29) is 12.5 Å². The average molecular weight is 483 g/mol. The summed E-state index contributed by atoms with van der Waals surface area (Å²) in [7, 11) is 0. The Hall–Kier alpha value is -4.27. The summed E-state index contributed by atoms with van der Waals surface area (Å²) in [5, 5.41) is 17.8. The fourth-order valence-electron chi connectivity index (χ4n) is 4.72. The van der Waals surface area contributed by atoms with Crippen LogP contribution >= 0.6 is 0 Å². The van der Waals surface area contributed by atoms with E-state index < -0.39 is 0 Å².